The molecule has 0 saturated heterocycles. The number of H-pyrrole nitrogens is 1. The predicted molar refractivity (Wildman–Crippen MR) is 134 cm³/mol. The van der Waals surface area contributed by atoms with Crippen molar-refractivity contribution >= 4 is 45.9 Å². The first kappa shape index (κ1) is 22.6. The molecule has 2 aromatic heterocycles. The van der Waals surface area contributed by atoms with Crippen LogP contribution in [0.4, 0.5) is 11.6 Å². The van der Waals surface area contributed by atoms with Gasteiger partial charge in [0, 0.05) is 17.9 Å². The maximum Gasteiger partial charge on any atom is 0.333 e. The van der Waals surface area contributed by atoms with Crippen LogP contribution in [-0.4, -0.2) is 38.5 Å². The van der Waals surface area contributed by atoms with Gasteiger partial charge in [0.15, 0.2) is 5.65 Å². The number of nitrogens with one attached hydrogen (secondary N) is 3. The number of aryl methyl sites for hydroxylation is 1. The van der Waals surface area contributed by atoms with Crippen molar-refractivity contribution in [3.63, 3.8) is 0 Å². The zero-order valence-corrected chi connectivity index (χ0v) is 20.2. The minimum absolute atomic E-state index is 0.108. The van der Waals surface area contributed by atoms with Gasteiger partial charge in [-0.3, -0.25) is 10.4 Å². The fourth-order valence-electron chi connectivity index (χ4n) is 4.52. The molecule has 1 aliphatic carbocycles. The van der Waals surface area contributed by atoms with Crippen molar-refractivity contribution in [2.24, 2.45) is 0 Å². The number of fused-ring (bicyclic) bond motifs is 2. The molecule has 0 saturated carbocycles. The highest BCUT2D eigenvalue weighted by molar-refractivity contribution is 6.37. The Balaban J connectivity index is 1.53. The van der Waals surface area contributed by atoms with Crippen LogP contribution in [0, 0.1) is 5.41 Å². The van der Waals surface area contributed by atoms with Crippen molar-refractivity contribution in [2.45, 2.75) is 25.3 Å². The van der Waals surface area contributed by atoms with Crippen molar-refractivity contribution in [1.82, 2.24) is 24.4 Å². The number of aromatic nitrogens is 4. The second-order valence-electron chi connectivity index (χ2n) is 8.55. The van der Waals surface area contributed by atoms with Gasteiger partial charge in [-0.25, -0.2) is 14.3 Å². The van der Waals surface area contributed by atoms with Gasteiger partial charge in [-0.05, 0) is 68.8 Å². The summed E-state index contributed by atoms with van der Waals surface area (Å²) in [5, 5.41) is 12.7. The monoisotopic (exact) mass is 495 g/mol. The van der Waals surface area contributed by atoms with Crippen LogP contribution >= 0.6 is 23.2 Å². The average molecular weight is 496 g/mol. The topological polar surface area (TPSA) is 103 Å². The lowest BCUT2D eigenvalue weighted by molar-refractivity contribution is 0.268. The number of halogens is 2. The lowest BCUT2D eigenvalue weighted by Crippen LogP contribution is -2.34. The molecule has 5 rings (SSSR count). The Kier molecular flexibility index (Phi) is 5.89. The molecule has 3 N–H and O–H groups in total. The minimum atomic E-state index is -0.570. The lowest BCUT2D eigenvalue weighted by Gasteiger charge is -2.31. The van der Waals surface area contributed by atoms with E-state index >= 15 is 0 Å². The minimum Gasteiger partial charge on any atom is -0.324 e. The van der Waals surface area contributed by atoms with Gasteiger partial charge < -0.3 is 10.2 Å². The van der Waals surface area contributed by atoms with Crippen molar-refractivity contribution < 1.29 is 0 Å². The fourth-order valence-corrected chi connectivity index (χ4v) is 5.09. The van der Waals surface area contributed by atoms with Crippen LogP contribution in [0.15, 0.2) is 47.4 Å². The quantitative estimate of drug-likeness (QED) is 0.384. The van der Waals surface area contributed by atoms with E-state index in [1.165, 1.54) is 23.7 Å². The second kappa shape index (κ2) is 8.87. The molecule has 174 valence electrons. The van der Waals surface area contributed by atoms with E-state index in [-0.39, 0.29) is 26.9 Å². The zero-order chi connectivity index (χ0) is 24.0. The molecule has 0 amide bonds. The standard InChI is InChI=1S/C24H23Cl2N7O/c1-32(2)19-8-3-5-13-9-10-14(11-15(13)19)29-23-28-12-16-21(27)33(24(34)31-22(16)30-23)20-17(25)6-4-7-18(20)26/h4,6-7,9-12,19,27H,3,5,8H2,1-2H3,(H2,28,29,30,31,34). The maximum atomic E-state index is 12.9. The number of rotatable bonds is 4. The predicted octanol–water partition coefficient (Wildman–Crippen LogP) is 4.58. The normalized spacial score (nSPS) is 15.5. The van der Waals surface area contributed by atoms with E-state index in [4.69, 9.17) is 28.6 Å². The number of benzene rings is 2. The highest BCUT2D eigenvalue weighted by Gasteiger charge is 2.22. The fraction of sp³-hybridized carbons (Fsp3) is 0.250. The molecule has 34 heavy (non-hydrogen) atoms. The van der Waals surface area contributed by atoms with Crippen molar-refractivity contribution in [3.8, 4) is 5.69 Å². The molecule has 10 heteroatoms. The third-order valence-electron chi connectivity index (χ3n) is 6.17. The molecule has 0 spiro atoms. The number of para-hydroxylation sites is 1. The van der Waals surface area contributed by atoms with Gasteiger partial charge in [0.2, 0.25) is 5.95 Å². The van der Waals surface area contributed by atoms with Crippen LogP contribution in [0.2, 0.25) is 10.0 Å². The highest BCUT2D eigenvalue weighted by Crippen LogP contribution is 2.35. The highest BCUT2D eigenvalue weighted by atomic mass is 35.5. The molecule has 1 aliphatic rings. The van der Waals surface area contributed by atoms with Crippen LogP contribution < -0.4 is 16.5 Å². The maximum absolute atomic E-state index is 12.9. The first-order chi connectivity index (χ1) is 16.3. The van der Waals surface area contributed by atoms with E-state index in [1.54, 1.807) is 18.2 Å². The van der Waals surface area contributed by atoms with E-state index in [2.05, 4.69) is 51.4 Å². The lowest BCUT2D eigenvalue weighted by atomic mass is 9.87. The summed E-state index contributed by atoms with van der Waals surface area (Å²) >= 11 is 12.5. The average Bonchev–Trinajstić information content (AvgIpc) is 2.80. The Labute approximate surface area is 205 Å². The molecule has 2 heterocycles. The second-order valence-corrected chi connectivity index (χ2v) is 9.36. The zero-order valence-electron chi connectivity index (χ0n) is 18.7. The number of anilines is 2. The summed E-state index contributed by atoms with van der Waals surface area (Å²) < 4.78 is 1.12. The summed E-state index contributed by atoms with van der Waals surface area (Å²) in [6.45, 7) is 0. The molecule has 8 nitrogen and oxygen atoms in total. The van der Waals surface area contributed by atoms with E-state index in [0.717, 1.165) is 23.1 Å². The van der Waals surface area contributed by atoms with Gasteiger partial charge in [-0.1, -0.05) is 35.3 Å². The first-order valence-corrected chi connectivity index (χ1v) is 11.7. The van der Waals surface area contributed by atoms with Crippen LogP contribution in [0.25, 0.3) is 16.7 Å². The summed E-state index contributed by atoms with van der Waals surface area (Å²) in [7, 11) is 4.20. The van der Waals surface area contributed by atoms with Gasteiger partial charge in [0.25, 0.3) is 0 Å². The SMILES string of the molecule is CN(C)C1CCCc2ccc(Nc3ncc4c(=N)n(-c5c(Cl)cccc5Cl)c(=O)[nH]c4n3)cc21. The number of hydrogen-bond donors (Lipinski definition) is 3. The van der Waals surface area contributed by atoms with Gasteiger partial charge in [0.05, 0.1) is 21.1 Å². The molecule has 0 aliphatic heterocycles. The Morgan fingerprint density at radius 1 is 1.21 bits per heavy atom. The Morgan fingerprint density at radius 3 is 2.71 bits per heavy atom. The third-order valence-corrected chi connectivity index (χ3v) is 6.78. The summed E-state index contributed by atoms with van der Waals surface area (Å²) in [5.41, 5.74) is 3.35. The van der Waals surface area contributed by atoms with Crippen molar-refractivity contribution in [1.29, 1.82) is 5.41 Å². The molecule has 1 atom stereocenters. The van der Waals surface area contributed by atoms with Crippen molar-refractivity contribution in [2.75, 3.05) is 19.4 Å². The van der Waals surface area contributed by atoms with Gasteiger partial charge in [-0.15, -0.1) is 0 Å². The van der Waals surface area contributed by atoms with Gasteiger partial charge in [-0.2, -0.15) is 4.98 Å². The molecule has 0 radical (unpaired) electrons. The molecule has 4 aromatic rings. The van der Waals surface area contributed by atoms with Crippen LogP contribution in [0.5, 0.6) is 0 Å². The van der Waals surface area contributed by atoms with E-state index in [9.17, 15) is 4.79 Å². The number of hydrogen-bond acceptors (Lipinski definition) is 6. The smallest absolute Gasteiger partial charge is 0.324 e. The Morgan fingerprint density at radius 2 is 1.97 bits per heavy atom. The molecule has 2 aromatic carbocycles. The van der Waals surface area contributed by atoms with Gasteiger partial charge in [0.1, 0.15) is 5.49 Å². The summed E-state index contributed by atoms with van der Waals surface area (Å²) in [5.74, 6) is 0.327. The third kappa shape index (κ3) is 3.98. The Hall–Kier alpha value is -3.20. The van der Waals surface area contributed by atoms with Crippen molar-refractivity contribution in [3.05, 3.63) is 79.7 Å². The van der Waals surface area contributed by atoms with Crippen LogP contribution in [0.1, 0.15) is 30.0 Å². The summed E-state index contributed by atoms with van der Waals surface area (Å²) in [4.78, 5) is 26.7. The van der Waals surface area contributed by atoms with Gasteiger partial charge >= 0.3 is 5.69 Å². The summed E-state index contributed by atoms with van der Waals surface area (Å²) in [6.07, 6.45) is 4.89. The van der Waals surface area contributed by atoms with Crippen LogP contribution in [-0.2, 0) is 6.42 Å². The first-order valence-electron chi connectivity index (χ1n) is 10.9. The molecule has 0 bridgehead atoms. The van der Waals surface area contributed by atoms with E-state index < -0.39 is 5.69 Å². The Bertz CT molecular complexity index is 1510. The van der Waals surface area contributed by atoms with E-state index in [0.29, 0.717) is 17.4 Å². The van der Waals surface area contributed by atoms with E-state index in [1.807, 2.05) is 6.07 Å². The number of nitrogens with zero attached hydrogens (tertiary/aromatic N) is 4. The molecular formula is C24H23Cl2N7O. The number of aromatic amines is 1. The van der Waals surface area contributed by atoms with Crippen LogP contribution in [0.3, 0.4) is 0 Å². The molecular weight excluding hydrogens is 473 g/mol. The molecule has 1 unspecified atom stereocenters. The summed E-state index contributed by atoms with van der Waals surface area (Å²) in [6, 6.07) is 11.6. The molecule has 0 fully saturated rings. The largest absolute Gasteiger partial charge is 0.333 e.